The molecule has 0 radical (unpaired) electrons. The van der Waals surface area contributed by atoms with Crippen LogP contribution in [0.2, 0.25) is 0 Å². The van der Waals surface area contributed by atoms with Crippen LogP contribution in [0.4, 0.5) is 0 Å². The quantitative estimate of drug-likeness (QED) is 0.861. The maximum atomic E-state index is 5.98. The van der Waals surface area contributed by atoms with E-state index in [4.69, 9.17) is 10.5 Å². The molecule has 0 aromatic carbocycles. The van der Waals surface area contributed by atoms with Gasteiger partial charge in [-0.1, -0.05) is 12.8 Å². The predicted molar refractivity (Wildman–Crippen MR) is 81.1 cm³/mol. The number of rotatable bonds is 6. The zero-order valence-corrected chi connectivity index (χ0v) is 13.0. The maximum absolute atomic E-state index is 5.98. The van der Waals surface area contributed by atoms with Crippen LogP contribution < -0.4 is 10.5 Å². The summed E-state index contributed by atoms with van der Waals surface area (Å²) >= 11 is 0. The molecule has 114 valence electrons. The largest absolute Gasteiger partial charge is 0.493 e. The number of ether oxygens (including phenoxy) is 1. The second-order valence-corrected chi connectivity index (χ2v) is 6.01. The van der Waals surface area contributed by atoms with Gasteiger partial charge in [-0.3, -0.25) is 4.68 Å². The zero-order valence-electron chi connectivity index (χ0n) is 13.0. The highest BCUT2D eigenvalue weighted by Gasteiger charge is 2.30. The van der Waals surface area contributed by atoms with Crippen LogP contribution in [0.15, 0.2) is 6.20 Å². The standard InChI is InChI=1S/C15H28N4O/c1-18(2)8-9-19-15(14(20-3)11-17-19)13-7-5-4-6-12(13)10-16/h11-13H,4-10,16H2,1-3H3. The summed E-state index contributed by atoms with van der Waals surface area (Å²) < 4.78 is 7.66. The van der Waals surface area contributed by atoms with E-state index in [2.05, 4.69) is 28.8 Å². The molecular formula is C15H28N4O. The van der Waals surface area contributed by atoms with Crippen molar-refractivity contribution in [2.45, 2.75) is 38.1 Å². The Morgan fingerprint density at radius 1 is 1.40 bits per heavy atom. The minimum atomic E-state index is 0.494. The van der Waals surface area contributed by atoms with E-state index in [1.54, 1.807) is 7.11 Å². The van der Waals surface area contributed by atoms with Gasteiger partial charge in [0.15, 0.2) is 5.75 Å². The third-order valence-corrected chi connectivity index (χ3v) is 4.39. The van der Waals surface area contributed by atoms with E-state index >= 15 is 0 Å². The van der Waals surface area contributed by atoms with Crippen molar-refractivity contribution < 1.29 is 4.74 Å². The molecule has 0 spiro atoms. The second-order valence-electron chi connectivity index (χ2n) is 6.01. The Kier molecular flexibility index (Phi) is 5.43. The van der Waals surface area contributed by atoms with Gasteiger partial charge < -0.3 is 15.4 Å². The number of nitrogens with zero attached hydrogens (tertiary/aromatic N) is 3. The molecule has 1 aromatic rings. The Morgan fingerprint density at radius 3 is 2.80 bits per heavy atom. The molecule has 0 aliphatic heterocycles. The van der Waals surface area contributed by atoms with Crippen molar-refractivity contribution in [2.75, 3.05) is 34.3 Å². The summed E-state index contributed by atoms with van der Waals surface area (Å²) in [7, 11) is 5.91. The highest BCUT2D eigenvalue weighted by molar-refractivity contribution is 5.30. The molecule has 1 aromatic heterocycles. The molecule has 0 amide bonds. The Balaban J connectivity index is 2.24. The second kappa shape index (κ2) is 7.09. The first-order valence-electron chi connectivity index (χ1n) is 7.61. The fourth-order valence-corrected chi connectivity index (χ4v) is 3.23. The average molecular weight is 280 g/mol. The normalized spacial score (nSPS) is 23.2. The molecule has 1 aliphatic carbocycles. The van der Waals surface area contributed by atoms with Gasteiger partial charge in [0.25, 0.3) is 0 Å². The number of aromatic nitrogens is 2. The first-order valence-corrected chi connectivity index (χ1v) is 7.61. The van der Waals surface area contributed by atoms with Gasteiger partial charge >= 0.3 is 0 Å². The molecule has 2 rings (SSSR count). The minimum absolute atomic E-state index is 0.494. The van der Waals surface area contributed by atoms with E-state index in [1.807, 2.05) is 6.20 Å². The highest BCUT2D eigenvalue weighted by Crippen LogP contribution is 2.40. The summed E-state index contributed by atoms with van der Waals surface area (Å²) in [5.41, 5.74) is 7.24. The fourth-order valence-electron chi connectivity index (χ4n) is 3.23. The lowest BCUT2D eigenvalue weighted by Crippen LogP contribution is -2.28. The van der Waals surface area contributed by atoms with E-state index in [0.717, 1.165) is 25.4 Å². The summed E-state index contributed by atoms with van der Waals surface area (Å²) in [6.07, 6.45) is 6.86. The van der Waals surface area contributed by atoms with Crippen LogP contribution in [0.3, 0.4) is 0 Å². The molecule has 2 atom stereocenters. The first kappa shape index (κ1) is 15.3. The number of likely N-dealkylation sites (N-methyl/N-ethyl adjacent to an activating group) is 1. The third kappa shape index (κ3) is 3.33. The number of methoxy groups -OCH3 is 1. The maximum Gasteiger partial charge on any atom is 0.160 e. The van der Waals surface area contributed by atoms with E-state index in [9.17, 15) is 0 Å². The lowest BCUT2D eigenvalue weighted by Gasteiger charge is -2.31. The van der Waals surface area contributed by atoms with Crippen LogP contribution in [0.25, 0.3) is 0 Å². The molecule has 2 unspecified atom stereocenters. The van der Waals surface area contributed by atoms with Crippen LogP contribution in [0, 0.1) is 5.92 Å². The summed E-state index contributed by atoms with van der Waals surface area (Å²) in [5.74, 6) is 1.98. The molecule has 1 saturated carbocycles. The lowest BCUT2D eigenvalue weighted by molar-refractivity contribution is 0.284. The van der Waals surface area contributed by atoms with Crippen molar-refractivity contribution in [3.05, 3.63) is 11.9 Å². The molecule has 20 heavy (non-hydrogen) atoms. The SMILES string of the molecule is COc1cnn(CCN(C)C)c1C1CCCCC1CN. The molecule has 0 saturated heterocycles. The Bertz CT molecular complexity index is 416. The highest BCUT2D eigenvalue weighted by atomic mass is 16.5. The van der Waals surface area contributed by atoms with Gasteiger partial charge in [0, 0.05) is 12.5 Å². The van der Waals surface area contributed by atoms with Gasteiger partial charge in [-0.05, 0) is 39.4 Å². The van der Waals surface area contributed by atoms with Gasteiger partial charge in [-0.2, -0.15) is 5.10 Å². The van der Waals surface area contributed by atoms with Crippen LogP contribution in [-0.2, 0) is 6.54 Å². The van der Waals surface area contributed by atoms with Gasteiger partial charge in [-0.25, -0.2) is 0 Å². The van der Waals surface area contributed by atoms with Crippen LogP contribution in [-0.4, -0.2) is 49.0 Å². The van der Waals surface area contributed by atoms with Gasteiger partial charge in [0.05, 0.1) is 25.5 Å². The molecule has 2 N–H and O–H groups in total. The molecule has 0 bridgehead atoms. The van der Waals surface area contributed by atoms with E-state index in [-0.39, 0.29) is 0 Å². The van der Waals surface area contributed by atoms with Crippen molar-refractivity contribution in [1.82, 2.24) is 14.7 Å². The van der Waals surface area contributed by atoms with E-state index in [1.165, 1.54) is 31.4 Å². The lowest BCUT2D eigenvalue weighted by atomic mass is 9.77. The number of nitrogens with two attached hydrogens (primary N) is 1. The van der Waals surface area contributed by atoms with Crippen molar-refractivity contribution in [3.63, 3.8) is 0 Å². The molecule has 5 heteroatoms. The zero-order chi connectivity index (χ0) is 14.5. The first-order chi connectivity index (χ1) is 9.67. The molecule has 5 nitrogen and oxygen atoms in total. The van der Waals surface area contributed by atoms with Gasteiger partial charge in [-0.15, -0.1) is 0 Å². The number of hydrogen-bond acceptors (Lipinski definition) is 4. The fraction of sp³-hybridized carbons (Fsp3) is 0.800. The monoisotopic (exact) mass is 280 g/mol. The Morgan fingerprint density at radius 2 is 2.15 bits per heavy atom. The van der Waals surface area contributed by atoms with Crippen LogP contribution in [0.5, 0.6) is 5.75 Å². The summed E-state index contributed by atoms with van der Waals surface area (Å²) in [6.45, 7) is 2.64. The molecule has 1 fully saturated rings. The number of hydrogen-bond donors (Lipinski definition) is 1. The molecule has 1 aliphatic rings. The van der Waals surface area contributed by atoms with E-state index < -0.39 is 0 Å². The topological polar surface area (TPSA) is 56.3 Å². The average Bonchev–Trinajstić information content (AvgIpc) is 2.87. The Labute approximate surface area is 122 Å². The Hall–Kier alpha value is -1.07. The van der Waals surface area contributed by atoms with Crippen molar-refractivity contribution in [2.24, 2.45) is 11.7 Å². The van der Waals surface area contributed by atoms with Crippen molar-refractivity contribution >= 4 is 0 Å². The summed E-state index contributed by atoms with van der Waals surface area (Å²) in [4.78, 5) is 2.18. The molecule has 1 heterocycles. The third-order valence-electron chi connectivity index (χ3n) is 4.39. The van der Waals surface area contributed by atoms with Crippen LogP contribution in [0.1, 0.15) is 37.3 Å². The molecular weight excluding hydrogens is 252 g/mol. The van der Waals surface area contributed by atoms with E-state index in [0.29, 0.717) is 11.8 Å². The smallest absolute Gasteiger partial charge is 0.160 e. The van der Waals surface area contributed by atoms with Crippen molar-refractivity contribution in [3.8, 4) is 5.75 Å². The predicted octanol–water partition coefficient (Wildman–Crippen LogP) is 1.69. The summed E-state index contributed by atoms with van der Waals surface area (Å²) in [5, 5.41) is 4.53. The van der Waals surface area contributed by atoms with Gasteiger partial charge in [0.2, 0.25) is 0 Å². The van der Waals surface area contributed by atoms with Gasteiger partial charge in [0.1, 0.15) is 0 Å². The van der Waals surface area contributed by atoms with Crippen LogP contribution >= 0.6 is 0 Å². The summed E-state index contributed by atoms with van der Waals surface area (Å²) in [6, 6.07) is 0. The minimum Gasteiger partial charge on any atom is -0.493 e. The van der Waals surface area contributed by atoms with Crippen molar-refractivity contribution in [1.29, 1.82) is 0 Å².